The fourth-order valence-electron chi connectivity index (χ4n) is 2.35. The van der Waals surface area contributed by atoms with Crippen LogP contribution < -0.4 is 11.1 Å². The number of methoxy groups -OCH3 is 1. The predicted octanol–water partition coefficient (Wildman–Crippen LogP) is 1.82. The minimum Gasteiger partial charge on any atom is -0.465 e. The number of rotatable bonds is 3. The summed E-state index contributed by atoms with van der Waals surface area (Å²) in [5.74, 6) is -1.63. The largest absolute Gasteiger partial charge is 0.465 e. The van der Waals surface area contributed by atoms with Crippen LogP contribution in [0.1, 0.15) is 36.0 Å². The zero-order valence-electron chi connectivity index (χ0n) is 11.2. The zero-order valence-corrected chi connectivity index (χ0v) is 11.2. The molecule has 0 heterocycles. The smallest absolute Gasteiger partial charge is 0.337 e. The van der Waals surface area contributed by atoms with Gasteiger partial charge in [0.15, 0.2) is 0 Å². The zero-order chi connectivity index (χ0) is 14.8. The summed E-state index contributed by atoms with van der Waals surface area (Å²) < 4.78 is 18.3. The number of ether oxygens (including phenoxy) is 1. The summed E-state index contributed by atoms with van der Waals surface area (Å²) in [6.45, 7) is 0. The Hall–Kier alpha value is -1.95. The van der Waals surface area contributed by atoms with Crippen LogP contribution in [0.5, 0.6) is 0 Å². The van der Waals surface area contributed by atoms with Gasteiger partial charge in [-0.3, -0.25) is 4.79 Å². The number of nitrogens with one attached hydrogen (secondary N) is 1. The maximum Gasteiger partial charge on any atom is 0.337 e. The van der Waals surface area contributed by atoms with Crippen LogP contribution in [0.3, 0.4) is 0 Å². The number of carbonyl (C=O) groups excluding carboxylic acids is 2. The number of benzene rings is 1. The number of hydrogen-bond donors (Lipinski definition) is 2. The van der Waals surface area contributed by atoms with Gasteiger partial charge in [0.25, 0.3) is 0 Å². The number of carbonyl (C=O) groups is 2. The summed E-state index contributed by atoms with van der Waals surface area (Å²) in [5.41, 5.74) is 5.16. The molecule has 1 aliphatic rings. The van der Waals surface area contributed by atoms with Crippen LogP contribution in [-0.2, 0) is 9.53 Å². The topological polar surface area (TPSA) is 81.4 Å². The monoisotopic (exact) mass is 280 g/mol. The molecule has 1 aromatic rings. The number of hydrogen-bond acceptors (Lipinski definition) is 4. The van der Waals surface area contributed by atoms with Crippen molar-refractivity contribution >= 4 is 17.6 Å². The van der Waals surface area contributed by atoms with Gasteiger partial charge < -0.3 is 15.8 Å². The Kier molecular flexibility index (Phi) is 4.04. The van der Waals surface area contributed by atoms with Crippen molar-refractivity contribution in [3.63, 3.8) is 0 Å². The second-order valence-electron chi connectivity index (χ2n) is 5.00. The van der Waals surface area contributed by atoms with Crippen molar-refractivity contribution in [3.8, 4) is 0 Å². The van der Waals surface area contributed by atoms with Crippen LogP contribution in [0.15, 0.2) is 18.2 Å². The van der Waals surface area contributed by atoms with Crippen LogP contribution in [0.2, 0.25) is 0 Å². The van der Waals surface area contributed by atoms with E-state index < -0.39 is 23.2 Å². The van der Waals surface area contributed by atoms with Crippen molar-refractivity contribution in [3.05, 3.63) is 29.6 Å². The van der Waals surface area contributed by atoms with E-state index in [4.69, 9.17) is 5.73 Å². The minimum absolute atomic E-state index is 0.0605. The van der Waals surface area contributed by atoms with Crippen molar-refractivity contribution in [1.82, 2.24) is 0 Å². The number of esters is 1. The molecule has 0 unspecified atom stereocenters. The summed E-state index contributed by atoms with van der Waals surface area (Å²) >= 11 is 0. The average molecular weight is 280 g/mol. The molecule has 0 saturated heterocycles. The number of halogens is 1. The molecule has 6 heteroatoms. The van der Waals surface area contributed by atoms with Crippen LogP contribution in [0, 0.1) is 5.82 Å². The molecule has 3 N–H and O–H groups in total. The lowest BCUT2D eigenvalue weighted by Gasteiger charge is -2.22. The third-order valence-corrected chi connectivity index (χ3v) is 3.58. The number of amides is 1. The second-order valence-corrected chi connectivity index (χ2v) is 5.00. The molecule has 108 valence electrons. The molecule has 0 bridgehead atoms. The summed E-state index contributed by atoms with van der Waals surface area (Å²) in [7, 11) is 1.23. The van der Waals surface area contributed by atoms with Gasteiger partial charge in [0.1, 0.15) is 5.82 Å². The normalized spacial score (nSPS) is 16.8. The number of anilines is 1. The highest BCUT2D eigenvalue weighted by molar-refractivity contribution is 5.99. The van der Waals surface area contributed by atoms with E-state index >= 15 is 0 Å². The molecule has 0 spiro atoms. The Balaban J connectivity index is 2.20. The first-order valence-corrected chi connectivity index (χ1v) is 6.44. The summed E-state index contributed by atoms with van der Waals surface area (Å²) in [6.07, 6.45) is 2.93. The van der Waals surface area contributed by atoms with Gasteiger partial charge in [-0.1, -0.05) is 12.8 Å². The minimum atomic E-state index is -0.951. The summed E-state index contributed by atoms with van der Waals surface area (Å²) in [5, 5.41) is 2.47. The summed E-state index contributed by atoms with van der Waals surface area (Å²) in [4.78, 5) is 23.5. The maximum absolute atomic E-state index is 13.7. The van der Waals surface area contributed by atoms with Crippen LogP contribution in [0.4, 0.5) is 10.1 Å². The standard InChI is InChI=1S/C14H17FN2O3/c1-20-12(18)9-4-5-10(15)11(8-9)17-13(19)14(16)6-2-3-7-14/h4-5,8H,2-3,6-7,16H2,1H3,(H,17,19). The lowest BCUT2D eigenvalue weighted by atomic mass is 9.98. The molecular weight excluding hydrogens is 263 g/mol. The molecule has 0 atom stereocenters. The second kappa shape index (κ2) is 5.58. The molecule has 0 aliphatic heterocycles. The van der Waals surface area contributed by atoms with Gasteiger partial charge in [-0.15, -0.1) is 0 Å². The van der Waals surface area contributed by atoms with Crippen molar-refractivity contribution in [2.75, 3.05) is 12.4 Å². The summed E-state index contributed by atoms with van der Waals surface area (Å²) in [6, 6.07) is 3.65. The Morgan fingerprint density at radius 2 is 2.00 bits per heavy atom. The molecule has 1 saturated carbocycles. The third kappa shape index (κ3) is 2.80. The van der Waals surface area contributed by atoms with E-state index in [2.05, 4.69) is 10.1 Å². The highest BCUT2D eigenvalue weighted by atomic mass is 19.1. The first kappa shape index (κ1) is 14.5. The Labute approximate surface area is 116 Å². The third-order valence-electron chi connectivity index (χ3n) is 3.58. The highest BCUT2D eigenvalue weighted by Crippen LogP contribution is 2.29. The molecule has 1 amide bonds. The Morgan fingerprint density at radius 3 is 2.60 bits per heavy atom. The first-order valence-electron chi connectivity index (χ1n) is 6.44. The van der Waals surface area contributed by atoms with Crippen LogP contribution in [-0.4, -0.2) is 24.5 Å². The first-order chi connectivity index (χ1) is 9.46. The predicted molar refractivity (Wildman–Crippen MR) is 71.8 cm³/mol. The van der Waals surface area contributed by atoms with Crippen molar-refractivity contribution in [2.24, 2.45) is 5.73 Å². The molecule has 1 aliphatic carbocycles. The van der Waals surface area contributed by atoms with Crippen LogP contribution >= 0.6 is 0 Å². The molecule has 0 radical (unpaired) electrons. The van der Waals surface area contributed by atoms with Gasteiger partial charge in [0.2, 0.25) is 5.91 Å². The highest BCUT2D eigenvalue weighted by Gasteiger charge is 2.37. The Bertz CT molecular complexity index is 539. The Morgan fingerprint density at radius 1 is 1.35 bits per heavy atom. The van der Waals surface area contributed by atoms with Crippen molar-refractivity contribution in [1.29, 1.82) is 0 Å². The lowest BCUT2D eigenvalue weighted by Crippen LogP contribution is -2.48. The van der Waals surface area contributed by atoms with Gasteiger partial charge in [-0.05, 0) is 31.0 Å². The number of nitrogens with two attached hydrogens (primary N) is 1. The van der Waals surface area contributed by atoms with Crippen LogP contribution in [0.25, 0.3) is 0 Å². The molecule has 20 heavy (non-hydrogen) atoms. The fraction of sp³-hybridized carbons (Fsp3) is 0.429. The van der Waals surface area contributed by atoms with Gasteiger partial charge in [-0.25, -0.2) is 9.18 Å². The van der Waals surface area contributed by atoms with E-state index in [9.17, 15) is 14.0 Å². The van der Waals surface area contributed by atoms with Crippen molar-refractivity contribution < 1.29 is 18.7 Å². The van der Waals surface area contributed by atoms with E-state index in [1.807, 2.05) is 0 Å². The molecule has 2 rings (SSSR count). The quantitative estimate of drug-likeness (QED) is 0.827. The molecule has 1 fully saturated rings. The van der Waals surface area contributed by atoms with E-state index in [0.29, 0.717) is 12.8 Å². The fourth-order valence-corrected chi connectivity index (χ4v) is 2.35. The molecule has 0 aromatic heterocycles. The lowest BCUT2D eigenvalue weighted by molar-refractivity contribution is -0.121. The van der Waals surface area contributed by atoms with E-state index in [1.165, 1.54) is 19.2 Å². The van der Waals surface area contributed by atoms with E-state index in [-0.39, 0.29) is 11.3 Å². The molecular formula is C14H17FN2O3. The SMILES string of the molecule is COC(=O)c1ccc(F)c(NC(=O)C2(N)CCCC2)c1. The maximum atomic E-state index is 13.7. The average Bonchev–Trinajstić information content (AvgIpc) is 2.88. The van der Waals surface area contributed by atoms with Gasteiger partial charge >= 0.3 is 5.97 Å². The van der Waals surface area contributed by atoms with Gasteiger partial charge in [-0.2, -0.15) is 0 Å². The van der Waals surface area contributed by atoms with E-state index in [1.54, 1.807) is 0 Å². The van der Waals surface area contributed by atoms with Crippen molar-refractivity contribution in [2.45, 2.75) is 31.2 Å². The van der Waals surface area contributed by atoms with Gasteiger partial charge in [0, 0.05) is 0 Å². The molecule has 1 aromatic carbocycles. The van der Waals surface area contributed by atoms with E-state index in [0.717, 1.165) is 18.9 Å². The van der Waals surface area contributed by atoms with Gasteiger partial charge in [0.05, 0.1) is 23.9 Å². The molecule has 5 nitrogen and oxygen atoms in total.